The quantitative estimate of drug-likeness (QED) is 0.150. The van der Waals surface area contributed by atoms with Crippen LogP contribution in [0.1, 0.15) is 61.4 Å². The van der Waals surface area contributed by atoms with Gasteiger partial charge in [-0.2, -0.15) is 0 Å². The predicted octanol–water partition coefficient (Wildman–Crippen LogP) is 16.4. The summed E-state index contributed by atoms with van der Waals surface area (Å²) in [4.78, 5) is 20.0. The molecule has 0 aliphatic heterocycles. The molecule has 3 aliphatic carbocycles. The number of aryl methyl sites for hydroxylation is 1. The van der Waals surface area contributed by atoms with Crippen molar-refractivity contribution < 1.29 is 0 Å². The molecule has 322 valence electrons. The number of aromatic nitrogens is 3. The maximum absolute atomic E-state index is 5.15. The van der Waals surface area contributed by atoms with E-state index in [0.717, 1.165) is 63.0 Å². The Bertz CT molecular complexity index is 3450. The lowest BCUT2D eigenvalue weighted by Gasteiger charge is -2.31. The minimum absolute atomic E-state index is 0.338. The topological polar surface area (TPSA) is 51.0 Å². The summed E-state index contributed by atoms with van der Waals surface area (Å²) in [6.07, 6.45) is 8.97. The summed E-state index contributed by atoms with van der Waals surface area (Å²) in [5.41, 5.74) is 22.4. The molecule has 4 nitrogen and oxygen atoms in total. The van der Waals surface area contributed by atoms with E-state index in [1.807, 2.05) is 45.2 Å². The number of aliphatic imine (C=N–C) groups is 1. The second-order valence-corrected chi connectivity index (χ2v) is 17.2. The first kappa shape index (κ1) is 41.6. The maximum atomic E-state index is 5.15. The van der Waals surface area contributed by atoms with Gasteiger partial charge in [-0.3, -0.25) is 4.99 Å². The van der Waals surface area contributed by atoms with Gasteiger partial charge in [0.05, 0.1) is 11.1 Å². The highest BCUT2D eigenvalue weighted by molar-refractivity contribution is 6.03. The molecule has 1 spiro atoms. The maximum Gasteiger partial charge on any atom is 0.164 e. The first-order valence-electron chi connectivity index (χ1n) is 23.6. The Hall–Kier alpha value is -8.08. The fourth-order valence-corrected chi connectivity index (χ4v) is 10.7. The molecule has 0 N–H and O–H groups in total. The van der Waals surface area contributed by atoms with Gasteiger partial charge >= 0.3 is 0 Å². The van der Waals surface area contributed by atoms with Crippen LogP contribution in [0.2, 0.25) is 0 Å². The van der Waals surface area contributed by atoms with Crippen LogP contribution in [0, 0.1) is 6.92 Å². The van der Waals surface area contributed by atoms with Crippen LogP contribution in [0.5, 0.6) is 0 Å². The average molecular weight is 863 g/mol. The molecule has 9 aromatic rings. The van der Waals surface area contributed by atoms with E-state index < -0.39 is 0 Å². The molecule has 0 fully saturated rings. The highest BCUT2D eigenvalue weighted by Crippen LogP contribution is 2.65. The van der Waals surface area contributed by atoms with Crippen molar-refractivity contribution in [3.8, 4) is 78.7 Å². The fraction of sp³-hybridized carbons (Fsp3) is 0.111. The Morgan fingerprint density at radius 3 is 1.66 bits per heavy atom. The number of allylic oxidation sites excluding steroid dienone is 4. The number of hydrogen-bond acceptors (Lipinski definition) is 4. The normalized spacial score (nSPS) is 15.2. The minimum atomic E-state index is -0.338. The third kappa shape index (κ3) is 6.91. The van der Waals surface area contributed by atoms with Crippen molar-refractivity contribution in [2.75, 3.05) is 0 Å². The molecular formula is C63H50N4. The fourth-order valence-electron chi connectivity index (χ4n) is 10.7. The van der Waals surface area contributed by atoms with Gasteiger partial charge < -0.3 is 0 Å². The van der Waals surface area contributed by atoms with Crippen LogP contribution in [-0.4, -0.2) is 21.2 Å². The van der Waals surface area contributed by atoms with Gasteiger partial charge in [0.2, 0.25) is 0 Å². The van der Waals surface area contributed by atoms with Crippen molar-refractivity contribution in [1.29, 1.82) is 0 Å². The Kier molecular flexibility index (Phi) is 10.8. The Morgan fingerprint density at radius 2 is 0.925 bits per heavy atom. The van der Waals surface area contributed by atoms with Crippen molar-refractivity contribution in [2.45, 2.75) is 46.0 Å². The van der Waals surface area contributed by atoms with Crippen molar-refractivity contribution in [3.63, 3.8) is 0 Å². The molecule has 0 saturated carbocycles. The van der Waals surface area contributed by atoms with Crippen molar-refractivity contribution in [1.82, 2.24) is 15.0 Å². The first-order valence-corrected chi connectivity index (χ1v) is 23.6. The molecule has 3 aliphatic rings. The van der Waals surface area contributed by atoms with Gasteiger partial charge in [0.15, 0.2) is 17.5 Å². The molecular weight excluding hydrogens is 813 g/mol. The highest BCUT2D eigenvalue weighted by Gasteiger charge is 2.53. The van der Waals surface area contributed by atoms with E-state index >= 15 is 0 Å². The van der Waals surface area contributed by atoms with E-state index in [4.69, 9.17) is 19.9 Å². The summed E-state index contributed by atoms with van der Waals surface area (Å²) in [7, 11) is 0. The van der Waals surface area contributed by atoms with Crippen LogP contribution < -0.4 is 0 Å². The van der Waals surface area contributed by atoms with Gasteiger partial charge in [0, 0.05) is 28.5 Å². The van der Waals surface area contributed by atoms with Crippen molar-refractivity contribution >= 4 is 17.5 Å². The molecule has 0 saturated heterocycles. The van der Waals surface area contributed by atoms with Crippen molar-refractivity contribution in [2.24, 2.45) is 4.99 Å². The van der Waals surface area contributed by atoms with Crippen LogP contribution in [0.4, 0.5) is 5.69 Å². The van der Waals surface area contributed by atoms with Crippen LogP contribution in [0.25, 0.3) is 84.2 Å². The number of para-hydroxylation sites is 1. The van der Waals surface area contributed by atoms with E-state index in [9.17, 15) is 0 Å². The molecule has 4 heteroatoms. The molecule has 0 amide bonds. The lowest BCUT2D eigenvalue weighted by Crippen LogP contribution is -2.26. The number of fused-ring (bicyclic) bond motifs is 10. The van der Waals surface area contributed by atoms with Gasteiger partial charge in [-0.1, -0.05) is 202 Å². The summed E-state index contributed by atoms with van der Waals surface area (Å²) in [6, 6.07) is 67.7. The molecule has 1 aromatic heterocycles. The standard InChI is InChI=1S/C61H44N4.C2H6/c1-3-62-57-39(2)17-13-28-48(57)40-33-35-42(36-34-40)59-63-58(41-18-5-4-6-19-41)64-60(65-59)46-23-15-21-44(38-46)43-20-14-22-45(37-43)47-27-16-32-55-56(47)51-26-9-12-31-54(51)61(55)52-29-10-7-24-49(52)50-25-8-11-30-53(50)61;1-2/h3-7,9-10,12-38H,8,11H2,1-2H3;1-2H3. The highest BCUT2D eigenvalue weighted by atomic mass is 15.0. The Morgan fingerprint density at radius 1 is 0.433 bits per heavy atom. The molecule has 12 rings (SSSR count). The number of benzene rings is 8. The SMILES string of the molecule is CC.CC=Nc1c(C)cccc1-c1ccc(-c2nc(-c3ccccc3)nc(-c3cccc(-c4cccc(-c5cccc6c5-c5ccccc5C65C6=CCCC=C6c6ccccc65)c4)c3)n2)cc1. The van der Waals surface area contributed by atoms with Crippen LogP contribution in [0.3, 0.4) is 0 Å². The van der Waals surface area contributed by atoms with Crippen LogP contribution in [0.15, 0.2) is 211 Å². The summed E-state index contributed by atoms with van der Waals surface area (Å²) < 4.78 is 0. The second kappa shape index (κ2) is 17.4. The van der Waals surface area contributed by atoms with E-state index in [-0.39, 0.29) is 5.41 Å². The number of hydrogen-bond donors (Lipinski definition) is 0. The minimum Gasteiger partial charge on any atom is -0.261 e. The third-order valence-corrected chi connectivity index (χ3v) is 13.5. The summed E-state index contributed by atoms with van der Waals surface area (Å²) >= 11 is 0. The molecule has 67 heavy (non-hydrogen) atoms. The largest absolute Gasteiger partial charge is 0.261 e. The monoisotopic (exact) mass is 862 g/mol. The molecule has 1 atom stereocenters. The number of rotatable bonds is 7. The van der Waals surface area contributed by atoms with Crippen LogP contribution >= 0.6 is 0 Å². The molecule has 8 aromatic carbocycles. The zero-order valence-electron chi connectivity index (χ0n) is 38.3. The zero-order valence-corrected chi connectivity index (χ0v) is 38.3. The smallest absolute Gasteiger partial charge is 0.164 e. The van der Waals surface area contributed by atoms with E-state index in [1.165, 1.54) is 55.7 Å². The zero-order chi connectivity index (χ0) is 45.5. The lowest BCUT2D eigenvalue weighted by molar-refractivity contribution is 0.782. The number of nitrogens with zero attached hydrogens (tertiary/aromatic N) is 4. The Labute approximate surface area is 393 Å². The van der Waals surface area contributed by atoms with E-state index in [2.05, 4.69) is 189 Å². The van der Waals surface area contributed by atoms with Gasteiger partial charge in [-0.25, -0.2) is 15.0 Å². The molecule has 0 bridgehead atoms. The van der Waals surface area contributed by atoms with E-state index in [1.54, 1.807) is 0 Å². The van der Waals surface area contributed by atoms with Crippen molar-refractivity contribution in [3.05, 3.63) is 234 Å². The van der Waals surface area contributed by atoms with Gasteiger partial charge in [0.25, 0.3) is 0 Å². The molecule has 1 heterocycles. The van der Waals surface area contributed by atoms with Gasteiger partial charge in [-0.15, -0.1) is 0 Å². The summed E-state index contributed by atoms with van der Waals surface area (Å²) in [5, 5.41) is 0. The lowest BCUT2D eigenvalue weighted by atomic mass is 9.69. The average Bonchev–Trinajstić information content (AvgIpc) is 3.88. The molecule has 0 radical (unpaired) electrons. The van der Waals surface area contributed by atoms with Gasteiger partial charge in [0.1, 0.15) is 0 Å². The second-order valence-electron chi connectivity index (χ2n) is 17.2. The van der Waals surface area contributed by atoms with Crippen LogP contribution in [-0.2, 0) is 5.41 Å². The van der Waals surface area contributed by atoms with E-state index in [0.29, 0.717) is 17.5 Å². The predicted molar refractivity (Wildman–Crippen MR) is 279 cm³/mol. The third-order valence-electron chi connectivity index (χ3n) is 13.5. The molecule has 1 unspecified atom stereocenters. The Balaban J connectivity index is 0.00000244. The summed E-state index contributed by atoms with van der Waals surface area (Å²) in [6.45, 7) is 8.05. The first-order chi connectivity index (χ1) is 33.1. The van der Waals surface area contributed by atoms with Gasteiger partial charge in [-0.05, 0) is 117 Å². The summed E-state index contributed by atoms with van der Waals surface area (Å²) in [5.74, 6) is 1.88.